The monoisotopic (exact) mass is 261 g/mol. The summed E-state index contributed by atoms with van der Waals surface area (Å²) < 4.78 is 29.9. The van der Waals surface area contributed by atoms with E-state index in [2.05, 4.69) is 4.72 Å². The first kappa shape index (κ1) is 11.5. The summed E-state index contributed by atoms with van der Waals surface area (Å²) in [5, 5.41) is 0.337. The van der Waals surface area contributed by atoms with Crippen LogP contribution < -0.4 is 9.46 Å². The maximum atomic E-state index is 11.0. The average molecular weight is 262 g/mol. The topological polar surface area (TPSA) is 55.4 Å². The molecule has 4 nitrogen and oxygen atoms in total. The van der Waals surface area contributed by atoms with Crippen LogP contribution in [-0.2, 0) is 10.0 Å². The van der Waals surface area contributed by atoms with Crippen molar-refractivity contribution in [3.63, 3.8) is 0 Å². The van der Waals surface area contributed by atoms with Gasteiger partial charge in [0, 0.05) is 6.07 Å². The average Bonchev–Trinajstić information content (AvgIpc) is 2.92. The normalized spacial score (nSPS) is 15.9. The summed E-state index contributed by atoms with van der Waals surface area (Å²) in [6, 6.07) is 4.92. The molecule has 0 radical (unpaired) electrons. The number of hydrogen-bond acceptors (Lipinski definition) is 3. The quantitative estimate of drug-likeness (QED) is 0.904. The Morgan fingerprint density at radius 1 is 1.44 bits per heavy atom. The first-order valence-electron chi connectivity index (χ1n) is 4.88. The van der Waals surface area contributed by atoms with E-state index in [9.17, 15) is 8.42 Å². The standard InChI is InChI=1S/C10H12ClNO3S/c1-16(13,14)12-10-5-4-8(6-9(10)11)15-7-2-3-7/h4-7,12H,2-3H2,1H3. The maximum Gasteiger partial charge on any atom is 0.229 e. The van der Waals surface area contributed by atoms with E-state index in [0.717, 1.165) is 19.1 Å². The Bertz CT molecular complexity index is 497. The fourth-order valence-corrected chi connectivity index (χ4v) is 2.08. The number of sulfonamides is 1. The molecule has 1 aliphatic rings. The second-order valence-corrected chi connectivity index (χ2v) is 5.99. The molecule has 0 aromatic heterocycles. The second kappa shape index (κ2) is 4.14. The lowest BCUT2D eigenvalue weighted by Crippen LogP contribution is -2.09. The lowest BCUT2D eigenvalue weighted by molar-refractivity contribution is 0.303. The first-order chi connectivity index (χ1) is 7.44. The van der Waals surface area contributed by atoms with Crippen LogP contribution in [0.5, 0.6) is 5.75 Å². The van der Waals surface area contributed by atoms with Gasteiger partial charge in [-0.1, -0.05) is 11.6 Å². The van der Waals surface area contributed by atoms with E-state index < -0.39 is 10.0 Å². The Hall–Kier alpha value is -0.940. The van der Waals surface area contributed by atoms with Gasteiger partial charge in [-0.3, -0.25) is 4.72 Å². The van der Waals surface area contributed by atoms with Crippen LogP contribution >= 0.6 is 11.6 Å². The highest BCUT2D eigenvalue weighted by molar-refractivity contribution is 7.92. The van der Waals surface area contributed by atoms with Gasteiger partial charge in [-0.2, -0.15) is 0 Å². The third-order valence-electron chi connectivity index (χ3n) is 2.06. The summed E-state index contributed by atoms with van der Waals surface area (Å²) in [4.78, 5) is 0. The van der Waals surface area contributed by atoms with Gasteiger partial charge in [-0.25, -0.2) is 8.42 Å². The van der Waals surface area contributed by atoms with Crippen molar-refractivity contribution < 1.29 is 13.2 Å². The minimum atomic E-state index is -3.30. The van der Waals surface area contributed by atoms with Crippen LogP contribution in [0, 0.1) is 0 Å². The molecule has 16 heavy (non-hydrogen) atoms. The molecule has 1 aromatic rings. The molecule has 0 saturated heterocycles. The molecule has 0 heterocycles. The molecule has 1 aromatic carbocycles. The van der Waals surface area contributed by atoms with Crippen molar-refractivity contribution in [1.29, 1.82) is 0 Å². The lowest BCUT2D eigenvalue weighted by atomic mass is 10.3. The molecule has 2 rings (SSSR count). The van der Waals surface area contributed by atoms with Gasteiger partial charge in [-0.15, -0.1) is 0 Å². The van der Waals surface area contributed by atoms with E-state index in [-0.39, 0.29) is 0 Å². The van der Waals surface area contributed by atoms with Crippen LogP contribution in [0.4, 0.5) is 5.69 Å². The molecule has 0 unspecified atom stereocenters. The van der Waals surface area contributed by atoms with Gasteiger partial charge in [0.05, 0.1) is 23.1 Å². The third-order valence-corrected chi connectivity index (χ3v) is 2.97. The molecular formula is C10H12ClNO3S. The Kier molecular flexibility index (Phi) is 2.99. The van der Waals surface area contributed by atoms with Crippen LogP contribution in [-0.4, -0.2) is 20.8 Å². The minimum absolute atomic E-state index is 0.296. The highest BCUT2D eigenvalue weighted by Gasteiger charge is 2.23. The van der Waals surface area contributed by atoms with E-state index in [1.165, 1.54) is 0 Å². The molecule has 0 atom stereocenters. The number of anilines is 1. The van der Waals surface area contributed by atoms with E-state index in [4.69, 9.17) is 16.3 Å². The molecular weight excluding hydrogens is 250 g/mol. The van der Waals surface area contributed by atoms with Gasteiger partial charge in [0.2, 0.25) is 10.0 Å². The molecule has 1 aliphatic carbocycles. The first-order valence-corrected chi connectivity index (χ1v) is 7.15. The number of hydrogen-bond donors (Lipinski definition) is 1. The van der Waals surface area contributed by atoms with Crippen LogP contribution in [0.1, 0.15) is 12.8 Å². The largest absolute Gasteiger partial charge is 0.490 e. The van der Waals surface area contributed by atoms with E-state index in [0.29, 0.717) is 22.6 Å². The van der Waals surface area contributed by atoms with E-state index >= 15 is 0 Å². The van der Waals surface area contributed by atoms with Crippen molar-refractivity contribution in [2.45, 2.75) is 18.9 Å². The molecule has 88 valence electrons. The highest BCUT2D eigenvalue weighted by atomic mass is 35.5. The van der Waals surface area contributed by atoms with Gasteiger partial charge < -0.3 is 4.74 Å². The summed E-state index contributed by atoms with van der Waals surface area (Å²) >= 11 is 5.93. The van der Waals surface area contributed by atoms with Crippen molar-refractivity contribution in [1.82, 2.24) is 0 Å². The predicted octanol–water partition coefficient (Wildman–Crippen LogP) is 2.25. The van der Waals surface area contributed by atoms with Crippen molar-refractivity contribution >= 4 is 27.3 Å². The molecule has 0 bridgehead atoms. The molecule has 0 spiro atoms. The van der Waals surface area contributed by atoms with Crippen molar-refractivity contribution in [2.75, 3.05) is 11.0 Å². The molecule has 1 saturated carbocycles. The second-order valence-electron chi connectivity index (χ2n) is 3.83. The smallest absolute Gasteiger partial charge is 0.229 e. The van der Waals surface area contributed by atoms with Crippen molar-refractivity contribution in [3.8, 4) is 5.75 Å². The van der Waals surface area contributed by atoms with Crippen LogP contribution in [0.25, 0.3) is 0 Å². The number of nitrogens with one attached hydrogen (secondary N) is 1. The van der Waals surface area contributed by atoms with E-state index in [1.54, 1.807) is 18.2 Å². The highest BCUT2D eigenvalue weighted by Crippen LogP contribution is 2.31. The zero-order valence-electron chi connectivity index (χ0n) is 8.73. The van der Waals surface area contributed by atoms with Gasteiger partial charge >= 0.3 is 0 Å². The molecule has 1 N–H and O–H groups in total. The fraction of sp³-hybridized carbons (Fsp3) is 0.400. The summed E-state index contributed by atoms with van der Waals surface area (Å²) in [6.45, 7) is 0. The lowest BCUT2D eigenvalue weighted by Gasteiger charge is -2.09. The SMILES string of the molecule is CS(=O)(=O)Nc1ccc(OC2CC2)cc1Cl. The Morgan fingerprint density at radius 3 is 2.62 bits per heavy atom. The van der Waals surface area contributed by atoms with Gasteiger partial charge in [-0.05, 0) is 25.0 Å². The summed E-state index contributed by atoms with van der Waals surface area (Å²) in [6.07, 6.45) is 3.52. The molecule has 1 fully saturated rings. The zero-order valence-corrected chi connectivity index (χ0v) is 10.3. The third kappa shape index (κ3) is 3.28. The number of rotatable bonds is 4. The van der Waals surface area contributed by atoms with E-state index in [1.807, 2.05) is 0 Å². The van der Waals surface area contributed by atoms with Crippen LogP contribution in [0.2, 0.25) is 5.02 Å². The Balaban J connectivity index is 2.15. The van der Waals surface area contributed by atoms with Gasteiger partial charge in [0.25, 0.3) is 0 Å². The maximum absolute atomic E-state index is 11.0. The Labute approximate surface area is 99.6 Å². The minimum Gasteiger partial charge on any atom is -0.490 e. The van der Waals surface area contributed by atoms with Crippen molar-refractivity contribution in [2.24, 2.45) is 0 Å². The summed E-state index contributed by atoms with van der Waals surface area (Å²) in [5.41, 5.74) is 0.368. The fourth-order valence-electron chi connectivity index (χ4n) is 1.23. The van der Waals surface area contributed by atoms with Crippen molar-refractivity contribution in [3.05, 3.63) is 23.2 Å². The summed E-state index contributed by atoms with van der Waals surface area (Å²) in [5.74, 6) is 0.673. The van der Waals surface area contributed by atoms with Crippen LogP contribution in [0.15, 0.2) is 18.2 Å². The number of benzene rings is 1. The van der Waals surface area contributed by atoms with Crippen LogP contribution in [0.3, 0.4) is 0 Å². The molecule has 0 aliphatic heterocycles. The molecule has 6 heteroatoms. The van der Waals surface area contributed by atoms with Gasteiger partial charge in [0.15, 0.2) is 0 Å². The Morgan fingerprint density at radius 2 is 2.12 bits per heavy atom. The number of halogens is 1. The zero-order chi connectivity index (χ0) is 11.8. The predicted molar refractivity (Wildman–Crippen MR) is 63.6 cm³/mol. The van der Waals surface area contributed by atoms with Gasteiger partial charge in [0.1, 0.15) is 5.75 Å². The molecule has 0 amide bonds. The number of ether oxygens (including phenoxy) is 1. The summed E-state index contributed by atoms with van der Waals surface area (Å²) in [7, 11) is -3.30.